The molecule has 0 saturated heterocycles. The lowest BCUT2D eigenvalue weighted by atomic mass is 10.6. The molecule has 1 N–H and O–H groups in total. The van der Waals surface area contributed by atoms with Gasteiger partial charge in [-0.15, -0.1) is 0 Å². The Hall–Kier alpha value is -0.640. The fourth-order valence-corrected chi connectivity index (χ4v) is 0.269. The Morgan fingerprint density at radius 3 is 2.62 bits per heavy atom. The van der Waals surface area contributed by atoms with E-state index >= 15 is 0 Å². The predicted molar refractivity (Wildman–Crippen MR) is 29.7 cm³/mol. The second kappa shape index (κ2) is 4.52. The largest absolute Gasteiger partial charge is 0.378 e. The summed E-state index contributed by atoms with van der Waals surface area (Å²) < 4.78 is 0. The van der Waals surface area contributed by atoms with Crippen molar-refractivity contribution < 1.29 is 4.84 Å². The molecular weight excluding hydrogens is 106 g/mol. The van der Waals surface area contributed by atoms with Crippen LogP contribution in [0.3, 0.4) is 0 Å². The van der Waals surface area contributed by atoms with Gasteiger partial charge in [0.2, 0.25) is 0 Å². The molecule has 0 radical (unpaired) electrons. The van der Waals surface area contributed by atoms with Crippen LogP contribution in [0.4, 0.5) is 0 Å². The van der Waals surface area contributed by atoms with Crippen LogP contribution >= 0.6 is 0 Å². The molecule has 8 heavy (non-hydrogen) atoms. The molecule has 0 heterocycles. The molecule has 0 amide bonds. The molecule has 0 bridgehead atoms. The zero-order valence-corrected chi connectivity index (χ0v) is 5.22. The number of likely N-dealkylation sites (N-methyl/N-ethyl adjacent to an activating group) is 1. The number of nitrogens with zero attached hydrogens (tertiary/aromatic N) is 2. The highest BCUT2D eigenvalue weighted by Gasteiger charge is 1.86. The molecule has 0 aromatic carbocycles. The summed E-state index contributed by atoms with van der Waals surface area (Å²) in [5.41, 5.74) is 6.23. The summed E-state index contributed by atoms with van der Waals surface area (Å²) in [4.78, 5) is 6.36. The quantitative estimate of drug-likeness (QED) is 0.331. The number of rotatable bonds is 4. The van der Waals surface area contributed by atoms with E-state index in [0.717, 1.165) is 6.54 Å². The van der Waals surface area contributed by atoms with E-state index in [9.17, 15) is 0 Å². The van der Waals surface area contributed by atoms with Gasteiger partial charge in [-0.2, -0.15) is 5.53 Å². The maximum absolute atomic E-state index is 6.23. The summed E-state index contributed by atoms with van der Waals surface area (Å²) in [7, 11) is 3.88. The van der Waals surface area contributed by atoms with E-state index in [4.69, 9.17) is 5.53 Å². The maximum Gasteiger partial charge on any atom is 0.131 e. The van der Waals surface area contributed by atoms with Crippen molar-refractivity contribution in [1.82, 2.24) is 4.90 Å². The molecule has 0 saturated carbocycles. The van der Waals surface area contributed by atoms with Gasteiger partial charge in [-0.05, 0) is 14.1 Å². The van der Waals surface area contributed by atoms with Crippen molar-refractivity contribution in [3.8, 4) is 0 Å². The standard InChI is InChI=1S/C4H11N3O/c1-7(2)3-4-8-6-5/h5H,3-4H2,1-2H3. The van der Waals surface area contributed by atoms with Crippen molar-refractivity contribution in [1.29, 1.82) is 5.53 Å². The SMILES string of the molecule is CN(C)CCON=N. The average molecular weight is 117 g/mol. The second-order valence-electron chi connectivity index (χ2n) is 1.73. The Bertz CT molecular complexity index is 64.3. The van der Waals surface area contributed by atoms with Gasteiger partial charge < -0.3 is 9.74 Å². The molecule has 0 aliphatic rings. The minimum absolute atomic E-state index is 0.497. The van der Waals surface area contributed by atoms with E-state index < -0.39 is 0 Å². The first-order valence-electron chi connectivity index (χ1n) is 2.41. The van der Waals surface area contributed by atoms with E-state index in [-0.39, 0.29) is 0 Å². The van der Waals surface area contributed by atoms with Gasteiger partial charge in [0.25, 0.3) is 0 Å². The fraction of sp³-hybridized carbons (Fsp3) is 1.00. The monoisotopic (exact) mass is 117 g/mol. The van der Waals surface area contributed by atoms with Crippen LogP contribution in [-0.2, 0) is 4.84 Å². The lowest BCUT2D eigenvalue weighted by Gasteiger charge is -2.05. The highest BCUT2D eigenvalue weighted by Crippen LogP contribution is 1.76. The normalized spacial score (nSPS) is 9.38. The van der Waals surface area contributed by atoms with Gasteiger partial charge in [0.1, 0.15) is 6.61 Å². The van der Waals surface area contributed by atoms with Crippen LogP contribution in [0, 0.1) is 5.53 Å². The Balaban J connectivity index is 2.81. The lowest BCUT2D eigenvalue weighted by molar-refractivity contribution is 0.102. The van der Waals surface area contributed by atoms with Gasteiger partial charge in [0.05, 0.1) is 0 Å². The molecule has 0 aromatic heterocycles. The molecule has 4 heteroatoms. The first kappa shape index (κ1) is 7.36. The lowest BCUT2D eigenvalue weighted by Crippen LogP contribution is -2.16. The van der Waals surface area contributed by atoms with E-state index in [1.165, 1.54) is 0 Å². The molecule has 0 aromatic rings. The number of nitrogens with one attached hydrogen (secondary N) is 1. The van der Waals surface area contributed by atoms with Gasteiger partial charge in [-0.3, -0.25) is 0 Å². The zero-order valence-electron chi connectivity index (χ0n) is 5.22. The first-order valence-corrected chi connectivity index (χ1v) is 2.41. The second-order valence-corrected chi connectivity index (χ2v) is 1.73. The van der Waals surface area contributed by atoms with Gasteiger partial charge >= 0.3 is 0 Å². The molecule has 0 fully saturated rings. The molecule has 0 spiro atoms. The molecule has 4 nitrogen and oxygen atoms in total. The minimum Gasteiger partial charge on any atom is -0.378 e. The summed E-state index contributed by atoms with van der Waals surface area (Å²) in [6, 6.07) is 0. The highest BCUT2D eigenvalue weighted by atomic mass is 16.6. The summed E-state index contributed by atoms with van der Waals surface area (Å²) >= 11 is 0. The highest BCUT2D eigenvalue weighted by molar-refractivity contribution is 4.36. The maximum atomic E-state index is 6.23. The smallest absolute Gasteiger partial charge is 0.131 e. The van der Waals surface area contributed by atoms with Crippen molar-refractivity contribution in [3.05, 3.63) is 0 Å². The molecule has 48 valence electrons. The van der Waals surface area contributed by atoms with Gasteiger partial charge in [0.15, 0.2) is 0 Å². The molecular formula is C4H11N3O. The summed E-state index contributed by atoms with van der Waals surface area (Å²) in [6.07, 6.45) is 0. The Kier molecular flexibility index (Phi) is 4.16. The van der Waals surface area contributed by atoms with Gasteiger partial charge in [0, 0.05) is 11.8 Å². The van der Waals surface area contributed by atoms with E-state index in [1.807, 2.05) is 19.0 Å². The van der Waals surface area contributed by atoms with Crippen LogP contribution in [0.2, 0.25) is 0 Å². The molecule has 0 unspecified atom stereocenters. The summed E-state index contributed by atoms with van der Waals surface area (Å²) in [5, 5.41) is 2.73. The van der Waals surface area contributed by atoms with Crippen molar-refractivity contribution in [2.75, 3.05) is 27.2 Å². The fourth-order valence-electron chi connectivity index (χ4n) is 0.269. The van der Waals surface area contributed by atoms with Crippen molar-refractivity contribution in [2.45, 2.75) is 0 Å². The third-order valence-corrected chi connectivity index (χ3v) is 0.694. The molecule has 0 atom stereocenters. The average Bonchev–Trinajstić information content (AvgIpc) is 1.66. The van der Waals surface area contributed by atoms with Crippen molar-refractivity contribution in [2.24, 2.45) is 5.28 Å². The Morgan fingerprint density at radius 2 is 2.25 bits per heavy atom. The van der Waals surface area contributed by atoms with Gasteiger partial charge in [-0.1, -0.05) is 0 Å². The number of hydrogen-bond donors (Lipinski definition) is 1. The van der Waals surface area contributed by atoms with Crippen LogP contribution < -0.4 is 0 Å². The predicted octanol–water partition coefficient (Wildman–Crippen LogP) is 0.511. The van der Waals surface area contributed by atoms with E-state index in [0.29, 0.717) is 6.61 Å². The Labute approximate surface area is 48.9 Å². The van der Waals surface area contributed by atoms with Crippen molar-refractivity contribution in [3.63, 3.8) is 0 Å². The third-order valence-electron chi connectivity index (χ3n) is 0.694. The van der Waals surface area contributed by atoms with E-state index in [2.05, 4.69) is 10.1 Å². The summed E-state index contributed by atoms with van der Waals surface area (Å²) in [5.74, 6) is 0. The van der Waals surface area contributed by atoms with Crippen LogP contribution in [-0.4, -0.2) is 32.1 Å². The van der Waals surface area contributed by atoms with Crippen LogP contribution in [0.15, 0.2) is 5.28 Å². The third kappa shape index (κ3) is 5.36. The topological polar surface area (TPSA) is 48.7 Å². The summed E-state index contributed by atoms with van der Waals surface area (Å²) in [6.45, 7) is 1.30. The van der Waals surface area contributed by atoms with Gasteiger partial charge in [-0.25, -0.2) is 0 Å². The minimum atomic E-state index is 0.497. The van der Waals surface area contributed by atoms with Crippen molar-refractivity contribution >= 4 is 0 Å². The zero-order chi connectivity index (χ0) is 6.41. The van der Waals surface area contributed by atoms with Crippen LogP contribution in [0.25, 0.3) is 0 Å². The van der Waals surface area contributed by atoms with E-state index in [1.54, 1.807) is 0 Å². The van der Waals surface area contributed by atoms with Crippen LogP contribution in [0.5, 0.6) is 0 Å². The molecule has 0 aliphatic carbocycles. The molecule has 0 aliphatic heterocycles. The first-order chi connectivity index (χ1) is 3.77. The number of hydrogen-bond acceptors (Lipinski definition) is 4. The van der Waals surface area contributed by atoms with Crippen LogP contribution in [0.1, 0.15) is 0 Å². The molecule has 0 rings (SSSR count). The Morgan fingerprint density at radius 1 is 1.62 bits per heavy atom.